The molecule has 0 aromatic rings. The molecule has 0 aliphatic rings. The molecule has 0 aromatic carbocycles. The predicted molar refractivity (Wildman–Crippen MR) is 37.1 cm³/mol. The first-order valence-electron chi connectivity index (χ1n) is 2.66. The van der Waals surface area contributed by atoms with Gasteiger partial charge >= 0.3 is 10.4 Å². The van der Waals surface area contributed by atoms with Crippen LogP contribution in [0.3, 0.4) is 0 Å². The standard InChI is InChI=1S/C5H8O5S/c1-4(3-6)5(2)10-11(7,8)9/h3H,1-2H3,(H,7,8,9). The predicted octanol–water partition coefficient (Wildman–Crippen LogP) is 0.299. The van der Waals surface area contributed by atoms with Gasteiger partial charge in [-0.3, -0.25) is 9.35 Å². The van der Waals surface area contributed by atoms with Crippen molar-refractivity contribution in [2.75, 3.05) is 0 Å². The molecule has 0 rings (SSSR count). The summed E-state index contributed by atoms with van der Waals surface area (Å²) in [7, 11) is -4.50. The first kappa shape index (κ1) is 10.1. The smallest absolute Gasteiger partial charge is 0.366 e. The van der Waals surface area contributed by atoms with Gasteiger partial charge in [0.2, 0.25) is 0 Å². The Morgan fingerprint density at radius 1 is 1.45 bits per heavy atom. The van der Waals surface area contributed by atoms with Crippen molar-refractivity contribution in [3.8, 4) is 0 Å². The minimum absolute atomic E-state index is 0.114. The van der Waals surface area contributed by atoms with Gasteiger partial charge in [0, 0.05) is 5.57 Å². The Hall–Kier alpha value is -0.880. The molecule has 1 N–H and O–H groups in total. The van der Waals surface area contributed by atoms with Crippen molar-refractivity contribution in [1.82, 2.24) is 0 Å². The summed E-state index contributed by atoms with van der Waals surface area (Å²) in [4.78, 5) is 10.0. The first-order chi connectivity index (χ1) is 4.87. The summed E-state index contributed by atoms with van der Waals surface area (Å²) in [6, 6.07) is 0. The number of hydrogen-bond acceptors (Lipinski definition) is 4. The molecule has 0 saturated heterocycles. The zero-order chi connectivity index (χ0) is 9.07. The highest BCUT2D eigenvalue weighted by Crippen LogP contribution is 2.04. The van der Waals surface area contributed by atoms with Crippen LogP contribution in [-0.2, 0) is 19.4 Å². The van der Waals surface area contributed by atoms with Crippen LogP contribution >= 0.6 is 0 Å². The highest BCUT2D eigenvalue weighted by Gasteiger charge is 2.07. The molecule has 0 aliphatic heterocycles. The van der Waals surface area contributed by atoms with Gasteiger partial charge in [0.1, 0.15) is 12.0 Å². The van der Waals surface area contributed by atoms with Crippen molar-refractivity contribution in [2.24, 2.45) is 0 Å². The van der Waals surface area contributed by atoms with Gasteiger partial charge in [0.05, 0.1) is 0 Å². The number of carbonyl (C=O) groups is 1. The second-order valence-corrected chi connectivity index (χ2v) is 2.89. The fourth-order valence-electron chi connectivity index (χ4n) is 0.307. The van der Waals surface area contributed by atoms with E-state index in [-0.39, 0.29) is 11.3 Å². The Balaban J connectivity index is 4.54. The van der Waals surface area contributed by atoms with E-state index < -0.39 is 10.4 Å². The molecular weight excluding hydrogens is 172 g/mol. The van der Waals surface area contributed by atoms with Crippen LogP contribution in [0.15, 0.2) is 11.3 Å². The highest BCUT2D eigenvalue weighted by molar-refractivity contribution is 7.81. The quantitative estimate of drug-likeness (QED) is 0.292. The topological polar surface area (TPSA) is 80.7 Å². The van der Waals surface area contributed by atoms with Gasteiger partial charge in [-0.1, -0.05) is 0 Å². The molecule has 0 heterocycles. The second-order valence-electron chi connectivity index (χ2n) is 1.87. The fourth-order valence-corrected chi connectivity index (χ4v) is 0.754. The molecule has 6 heteroatoms. The van der Waals surface area contributed by atoms with Crippen molar-refractivity contribution < 1.29 is 21.9 Å². The minimum atomic E-state index is -4.50. The third kappa shape index (κ3) is 4.51. The van der Waals surface area contributed by atoms with Crippen LogP contribution < -0.4 is 0 Å². The van der Waals surface area contributed by atoms with Gasteiger partial charge in [-0.05, 0) is 13.8 Å². The zero-order valence-corrected chi connectivity index (χ0v) is 6.88. The summed E-state index contributed by atoms with van der Waals surface area (Å²) >= 11 is 0. The molecule has 5 nitrogen and oxygen atoms in total. The summed E-state index contributed by atoms with van der Waals surface area (Å²) in [5.74, 6) is -0.137. The maximum absolute atomic E-state index is 10.0. The summed E-state index contributed by atoms with van der Waals surface area (Å²) in [6.07, 6.45) is 0.431. The summed E-state index contributed by atoms with van der Waals surface area (Å²) in [5, 5.41) is 0. The lowest BCUT2D eigenvalue weighted by atomic mass is 10.3. The number of rotatable bonds is 3. The molecule has 0 atom stereocenters. The van der Waals surface area contributed by atoms with Gasteiger partial charge in [-0.15, -0.1) is 0 Å². The normalized spacial score (nSPS) is 13.7. The SMILES string of the molecule is CC(C=O)=C(C)OS(=O)(=O)O. The van der Waals surface area contributed by atoms with E-state index in [0.29, 0.717) is 6.29 Å². The Morgan fingerprint density at radius 3 is 2.18 bits per heavy atom. The average molecular weight is 180 g/mol. The Bertz CT molecular complexity index is 273. The second kappa shape index (κ2) is 3.49. The zero-order valence-electron chi connectivity index (χ0n) is 6.07. The van der Waals surface area contributed by atoms with E-state index in [9.17, 15) is 13.2 Å². The molecule has 0 fully saturated rings. The summed E-state index contributed by atoms with van der Waals surface area (Å²) < 4.78 is 32.2. The molecule has 0 bridgehead atoms. The van der Waals surface area contributed by atoms with Crippen LogP contribution in [-0.4, -0.2) is 19.3 Å². The molecule has 0 radical (unpaired) electrons. The van der Waals surface area contributed by atoms with Gasteiger partial charge in [0.15, 0.2) is 0 Å². The lowest BCUT2D eigenvalue weighted by molar-refractivity contribution is -0.105. The molecule has 64 valence electrons. The number of carbonyl (C=O) groups excluding carboxylic acids is 1. The molecule has 11 heavy (non-hydrogen) atoms. The Kier molecular flexibility index (Phi) is 3.21. The summed E-state index contributed by atoms with van der Waals surface area (Å²) in [6.45, 7) is 2.63. The molecule has 0 spiro atoms. The van der Waals surface area contributed by atoms with E-state index in [0.717, 1.165) is 0 Å². The van der Waals surface area contributed by atoms with Gasteiger partial charge in [0.25, 0.3) is 0 Å². The van der Waals surface area contributed by atoms with Crippen molar-refractivity contribution in [3.63, 3.8) is 0 Å². The minimum Gasteiger partial charge on any atom is -0.366 e. The van der Waals surface area contributed by atoms with Crippen LogP contribution in [0.5, 0.6) is 0 Å². The van der Waals surface area contributed by atoms with Gasteiger partial charge in [-0.2, -0.15) is 8.42 Å². The molecule has 0 amide bonds. The Morgan fingerprint density at radius 2 is 1.91 bits per heavy atom. The third-order valence-electron chi connectivity index (χ3n) is 0.962. The van der Waals surface area contributed by atoms with Crippen molar-refractivity contribution in [2.45, 2.75) is 13.8 Å². The van der Waals surface area contributed by atoms with Crippen LogP contribution in [0.25, 0.3) is 0 Å². The maximum atomic E-state index is 10.0. The molecular formula is C5H8O5S. The van der Waals surface area contributed by atoms with E-state index >= 15 is 0 Å². The van der Waals surface area contributed by atoms with Crippen molar-refractivity contribution in [3.05, 3.63) is 11.3 Å². The number of allylic oxidation sites excluding steroid dienone is 2. The van der Waals surface area contributed by atoms with E-state index in [4.69, 9.17) is 4.55 Å². The number of aldehydes is 1. The van der Waals surface area contributed by atoms with E-state index in [1.807, 2.05) is 0 Å². The molecule has 0 aromatic heterocycles. The van der Waals surface area contributed by atoms with Gasteiger partial charge < -0.3 is 4.18 Å². The van der Waals surface area contributed by atoms with Crippen molar-refractivity contribution >= 4 is 16.7 Å². The lowest BCUT2D eigenvalue weighted by Gasteiger charge is -2.00. The maximum Gasteiger partial charge on any atom is 0.446 e. The molecule has 0 saturated carbocycles. The third-order valence-corrected chi connectivity index (χ3v) is 1.42. The van der Waals surface area contributed by atoms with Gasteiger partial charge in [-0.25, -0.2) is 0 Å². The van der Waals surface area contributed by atoms with E-state index in [1.54, 1.807) is 0 Å². The van der Waals surface area contributed by atoms with Crippen LogP contribution in [0, 0.1) is 0 Å². The van der Waals surface area contributed by atoms with E-state index in [2.05, 4.69) is 4.18 Å². The largest absolute Gasteiger partial charge is 0.446 e. The Labute approximate surface area is 64.6 Å². The van der Waals surface area contributed by atoms with Crippen LogP contribution in [0.4, 0.5) is 0 Å². The van der Waals surface area contributed by atoms with Crippen molar-refractivity contribution in [1.29, 1.82) is 0 Å². The van der Waals surface area contributed by atoms with Crippen LogP contribution in [0.2, 0.25) is 0 Å². The van der Waals surface area contributed by atoms with Crippen LogP contribution in [0.1, 0.15) is 13.8 Å². The van der Waals surface area contributed by atoms with E-state index in [1.165, 1.54) is 13.8 Å². The molecule has 0 unspecified atom stereocenters. The average Bonchev–Trinajstić information content (AvgIpc) is 1.82. The molecule has 0 aliphatic carbocycles. The summed E-state index contributed by atoms with van der Waals surface area (Å²) in [5.41, 5.74) is 0.114. The fraction of sp³-hybridized carbons (Fsp3) is 0.400. The monoisotopic (exact) mass is 180 g/mol. The highest BCUT2D eigenvalue weighted by atomic mass is 32.3. The number of hydrogen-bond donors (Lipinski definition) is 1. The first-order valence-corrected chi connectivity index (χ1v) is 4.03. The lowest BCUT2D eigenvalue weighted by Crippen LogP contribution is -2.03.